The molecular weight excluding hydrogens is 304 g/mol. The van der Waals surface area contributed by atoms with E-state index in [1.165, 1.54) is 64.5 Å². The maximum Gasteiger partial charge on any atom is 0.134 e. The third-order valence-electron chi connectivity index (χ3n) is 5.04. The fourth-order valence-corrected chi connectivity index (χ4v) is 3.84. The van der Waals surface area contributed by atoms with Gasteiger partial charge < -0.3 is 4.42 Å². The first kappa shape index (κ1) is 17.8. The predicted octanol–water partition coefficient (Wildman–Crippen LogP) is 7.40. The van der Waals surface area contributed by atoms with Crippen molar-refractivity contribution in [2.24, 2.45) is 0 Å². The van der Waals surface area contributed by atoms with Gasteiger partial charge in [-0.25, -0.2) is 0 Å². The lowest BCUT2D eigenvalue weighted by Crippen LogP contribution is -1.95. The number of furan rings is 1. The van der Waals surface area contributed by atoms with Crippen LogP contribution in [-0.4, -0.2) is 0 Å². The van der Waals surface area contributed by atoms with Gasteiger partial charge in [-0.3, -0.25) is 0 Å². The van der Waals surface area contributed by atoms with Crippen LogP contribution in [0.1, 0.15) is 61.8 Å². The van der Waals surface area contributed by atoms with Gasteiger partial charge in [-0.1, -0.05) is 62.1 Å². The Labute approximate surface area is 152 Å². The maximum absolute atomic E-state index is 5.91. The van der Waals surface area contributed by atoms with Crippen LogP contribution in [0.25, 0.3) is 22.1 Å². The lowest BCUT2D eigenvalue weighted by Gasteiger charge is -2.14. The molecule has 0 bridgehead atoms. The summed E-state index contributed by atoms with van der Waals surface area (Å²) in [7, 11) is 0. The average molecular weight is 335 g/mol. The molecule has 25 heavy (non-hydrogen) atoms. The molecule has 3 rings (SSSR count). The summed E-state index contributed by atoms with van der Waals surface area (Å²) < 4.78 is 5.91. The van der Waals surface area contributed by atoms with Crippen LogP contribution >= 0.6 is 0 Å². The van der Waals surface area contributed by atoms with Crippen LogP contribution in [0.4, 0.5) is 0 Å². The van der Waals surface area contributed by atoms with Gasteiger partial charge in [-0.2, -0.15) is 0 Å². The number of fused-ring (bicyclic) bond motifs is 1. The monoisotopic (exact) mass is 334 g/mol. The summed E-state index contributed by atoms with van der Waals surface area (Å²) in [6, 6.07) is 11.3. The molecule has 0 saturated carbocycles. The first-order valence-electron chi connectivity index (χ1n) is 9.74. The number of unbranched alkanes of at least 4 members (excludes halogenated alkanes) is 2. The smallest absolute Gasteiger partial charge is 0.134 e. The summed E-state index contributed by atoms with van der Waals surface area (Å²) in [5.41, 5.74) is 9.29. The summed E-state index contributed by atoms with van der Waals surface area (Å²) in [6.07, 6.45) is 9.08. The molecule has 0 radical (unpaired) electrons. The molecule has 0 spiro atoms. The molecule has 2 aromatic carbocycles. The van der Waals surface area contributed by atoms with Gasteiger partial charge in [0.15, 0.2) is 0 Å². The first-order valence-corrected chi connectivity index (χ1v) is 9.74. The number of hydrogen-bond donors (Lipinski definition) is 0. The summed E-state index contributed by atoms with van der Waals surface area (Å²) in [5.74, 6) is 0. The van der Waals surface area contributed by atoms with Gasteiger partial charge in [0.2, 0.25) is 0 Å². The van der Waals surface area contributed by atoms with E-state index in [9.17, 15) is 0 Å². The lowest BCUT2D eigenvalue weighted by molar-refractivity contribution is 0.608. The van der Waals surface area contributed by atoms with E-state index in [0.717, 1.165) is 18.4 Å². The second-order valence-electron chi connectivity index (χ2n) is 7.31. The number of benzene rings is 2. The highest BCUT2D eigenvalue weighted by Crippen LogP contribution is 2.36. The van der Waals surface area contributed by atoms with Gasteiger partial charge >= 0.3 is 0 Å². The van der Waals surface area contributed by atoms with Crippen molar-refractivity contribution >= 4 is 11.0 Å². The number of aryl methyl sites for hydroxylation is 4. The minimum atomic E-state index is 1.05. The van der Waals surface area contributed by atoms with E-state index in [1.54, 1.807) is 0 Å². The molecular formula is C24H30O. The van der Waals surface area contributed by atoms with Crippen molar-refractivity contribution in [3.63, 3.8) is 0 Å². The summed E-state index contributed by atoms with van der Waals surface area (Å²) in [4.78, 5) is 0. The molecule has 0 unspecified atom stereocenters. The van der Waals surface area contributed by atoms with Gasteiger partial charge in [0.25, 0.3) is 0 Å². The Bertz CT molecular complexity index is 834. The Balaban J connectivity index is 2.19. The van der Waals surface area contributed by atoms with Crippen LogP contribution in [0, 0.1) is 13.8 Å². The third-order valence-corrected chi connectivity index (χ3v) is 5.04. The van der Waals surface area contributed by atoms with Gasteiger partial charge in [0.1, 0.15) is 5.58 Å². The Morgan fingerprint density at radius 2 is 1.52 bits per heavy atom. The SMILES string of the molecule is CCCCc1coc2ccc(-c3cc(C)cc(C)c3)c(CCCC)c12. The minimum Gasteiger partial charge on any atom is -0.464 e. The maximum atomic E-state index is 5.91. The van der Waals surface area contributed by atoms with Crippen molar-refractivity contribution in [2.45, 2.75) is 66.2 Å². The van der Waals surface area contributed by atoms with Crippen molar-refractivity contribution in [3.8, 4) is 11.1 Å². The molecule has 1 nitrogen and oxygen atoms in total. The summed E-state index contributed by atoms with van der Waals surface area (Å²) in [6.45, 7) is 8.89. The van der Waals surface area contributed by atoms with E-state index in [4.69, 9.17) is 4.42 Å². The van der Waals surface area contributed by atoms with Crippen LogP contribution in [0.15, 0.2) is 41.0 Å². The summed E-state index contributed by atoms with van der Waals surface area (Å²) in [5, 5.41) is 1.37. The summed E-state index contributed by atoms with van der Waals surface area (Å²) >= 11 is 0. The Kier molecular flexibility index (Phi) is 5.63. The topological polar surface area (TPSA) is 13.1 Å². The fraction of sp³-hybridized carbons (Fsp3) is 0.417. The van der Waals surface area contributed by atoms with Crippen molar-refractivity contribution in [3.05, 3.63) is 58.8 Å². The van der Waals surface area contributed by atoms with E-state index in [-0.39, 0.29) is 0 Å². The standard InChI is InChI=1S/C24H30O/c1-5-7-9-19-16-25-23-12-11-21(22(24(19)23)10-8-6-2)20-14-17(3)13-18(4)15-20/h11-16H,5-10H2,1-4H3. The molecule has 0 amide bonds. The largest absolute Gasteiger partial charge is 0.464 e. The van der Waals surface area contributed by atoms with E-state index >= 15 is 0 Å². The van der Waals surface area contributed by atoms with Crippen molar-refractivity contribution < 1.29 is 4.42 Å². The zero-order valence-corrected chi connectivity index (χ0v) is 16.1. The van der Waals surface area contributed by atoms with Crippen LogP contribution in [0.5, 0.6) is 0 Å². The zero-order valence-electron chi connectivity index (χ0n) is 16.1. The Morgan fingerprint density at radius 1 is 0.840 bits per heavy atom. The van der Waals surface area contributed by atoms with Gasteiger partial charge in [-0.15, -0.1) is 0 Å². The molecule has 0 aliphatic heterocycles. The molecule has 3 aromatic rings. The number of hydrogen-bond acceptors (Lipinski definition) is 1. The van der Waals surface area contributed by atoms with Crippen LogP contribution < -0.4 is 0 Å². The molecule has 132 valence electrons. The fourth-order valence-electron chi connectivity index (χ4n) is 3.84. The zero-order chi connectivity index (χ0) is 17.8. The minimum absolute atomic E-state index is 1.05. The Morgan fingerprint density at radius 3 is 2.20 bits per heavy atom. The molecule has 0 aliphatic rings. The van der Waals surface area contributed by atoms with Crippen molar-refractivity contribution in [1.82, 2.24) is 0 Å². The highest BCUT2D eigenvalue weighted by molar-refractivity contribution is 5.91. The second-order valence-corrected chi connectivity index (χ2v) is 7.31. The molecule has 1 heterocycles. The second kappa shape index (κ2) is 7.91. The lowest BCUT2D eigenvalue weighted by atomic mass is 9.90. The van der Waals surface area contributed by atoms with E-state index in [1.807, 2.05) is 6.26 Å². The predicted molar refractivity (Wildman–Crippen MR) is 108 cm³/mol. The molecule has 1 heteroatoms. The van der Waals surface area contributed by atoms with Crippen LogP contribution in [0.3, 0.4) is 0 Å². The normalized spacial score (nSPS) is 11.4. The van der Waals surface area contributed by atoms with Gasteiger partial charge in [-0.05, 0) is 67.9 Å². The quantitative estimate of drug-likeness (QED) is 0.438. The van der Waals surface area contributed by atoms with E-state index in [2.05, 4.69) is 58.0 Å². The average Bonchev–Trinajstić information content (AvgIpc) is 3.00. The first-order chi connectivity index (χ1) is 12.1. The molecule has 0 fully saturated rings. The molecule has 0 aliphatic carbocycles. The molecule has 0 saturated heterocycles. The van der Waals surface area contributed by atoms with Crippen molar-refractivity contribution in [2.75, 3.05) is 0 Å². The highest BCUT2D eigenvalue weighted by Gasteiger charge is 2.15. The molecule has 0 atom stereocenters. The van der Waals surface area contributed by atoms with Gasteiger partial charge in [0, 0.05) is 5.39 Å². The number of rotatable bonds is 7. The van der Waals surface area contributed by atoms with E-state index in [0.29, 0.717) is 0 Å². The molecule has 1 aromatic heterocycles. The van der Waals surface area contributed by atoms with Crippen LogP contribution in [0.2, 0.25) is 0 Å². The Hall–Kier alpha value is -2.02. The van der Waals surface area contributed by atoms with Crippen molar-refractivity contribution in [1.29, 1.82) is 0 Å². The highest BCUT2D eigenvalue weighted by atomic mass is 16.3. The van der Waals surface area contributed by atoms with Crippen LogP contribution in [-0.2, 0) is 12.8 Å². The van der Waals surface area contributed by atoms with E-state index < -0.39 is 0 Å². The van der Waals surface area contributed by atoms with Gasteiger partial charge in [0.05, 0.1) is 6.26 Å². The molecule has 0 N–H and O–H groups in total. The third kappa shape index (κ3) is 3.81.